The minimum atomic E-state index is 0.640. The molecule has 0 aliphatic carbocycles. The second kappa shape index (κ2) is 7.01. The number of ether oxygens (including phenoxy) is 2. The van der Waals surface area contributed by atoms with Crippen LogP contribution in [0.5, 0.6) is 11.5 Å². The van der Waals surface area contributed by atoms with E-state index in [9.17, 15) is 0 Å². The molecule has 0 amide bonds. The fourth-order valence-electron chi connectivity index (χ4n) is 2.51. The summed E-state index contributed by atoms with van der Waals surface area (Å²) in [4.78, 5) is 0.727. The molecule has 2 heterocycles. The first-order valence-electron chi connectivity index (χ1n) is 8.13. The van der Waals surface area contributed by atoms with Crippen molar-refractivity contribution in [1.29, 1.82) is 0 Å². The lowest BCUT2D eigenvalue weighted by Crippen LogP contribution is -1.95. The first kappa shape index (κ1) is 16.3. The molecule has 132 valence electrons. The SMILES string of the molecule is CCOc1ccc(-c2nnc3sc(Nc4ccc(OC)cc4)nn23)cc1. The first-order valence-corrected chi connectivity index (χ1v) is 8.95. The van der Waals surface area contributed by atoms with Crippen LogP contribution in [0.15, 0.2) is 48.5 Å². The molecule has 26 heavy (non-hydrogen) atoms. The first-order chi connectivity index (χ1) is 12.8. The van der Waals surface area contributed by atoms with Crippen LogP contribution in [0.3, 0.4) is 0 Å². The summed E-state index contributed by atoms with van der Waals surface area (Å²) in [6.07, 6.45) is 0. The van der Waals surface area contributed by atoms with E-state index in [0.29, 0.717) is 12.4 Å². The molecule has 0 saturated carbocycles. The highest BCUT2D eigenvalue weighted by Gasteiger charge is 2.13. The molecule has 0 bridgehead atoms. The van der Waals surface area contributed by atoms with Gasteiger partial charge in [-0.1, -0.05) is 11.3 Å². The summed E-state index contributed by atoms with van der Waals surface area (Å²) in [5.74, 6) is 2.34. The number of anilines is 2. The van der Waals surface area contributed by atoms with Crippen molar-refractivity contribution < 1.29 is 9.47 Å². The van der Waals surface area contributed by atoms with Crippen LogP contribution in [0.4, 0.5) is 10.8 Å². The molecule has 0 saturated heterocycles. The van der Waals surface area contributed by atoms with Gasteiger partial charge in [-0.3, -0.25) is 0 Å². The van der Waals surface area contributed by atoms with Gasteiger partial charge in [0.2, 0.25) is 10.1 Å². The molecule has 7 nitrogen and oxygen atoms in total. The maximum Gasteiger partial charge on any atom is 0.236 e. The summed E-state index contributed by atoms with van der Waals surface area (Å²) in [7, 11) is 1.65. The largest absolute Gasteiger partial charge is 0.497 e. The van der Waals surface area contributed by atoms with E-state index in [-0.39, 0.29) is 0 Å². The number of nitrogens with one attached hydrogen (secondary N) is 1. The Hall–Kier alpha value is -3.13. The smallest absolute Gasteiger partial charge is 0.236 e. The average Bonchev–Trinajstić information content (AvgIpc) is 3.23. The summed E-state index contributed by atoms with van der Waals surface area (Å²) in [5.41, 5.74) is 1.86. The van der Waals surface area contributed by atoms with Crippen LogP contribution in [0, 0.1) is 0 Å². The van der Waals surface area contributed by atoms with Gasteiger partial charge in [0.1, 0.15) is 11.5 Å². The number of methoxy groups -OCH3 is 1. The van der Waals surface area contributed by atoms with E-state index >= 15 is 0 Å². The van der Waals surface area contributed by atoms with Gasteiger partial charge in [0.25, 0.3) is 0 Å². The maximum absolute atomic E-state index is 5.48. The van der Waals surface area contributed by atoms with Gasteiger partial charge in [-0.05, 0) is 55.5 Å². The van der Waals surface area contributed by atoms with Gasteiger partial charge in [-0.15, -0.1) is 15.3 Å². The summed E-state index contributed by atoms with van der Waals surface area (Å²) in [6.45, 7) is 2.60. The van der Waals surface area contributed by atoms with E-state index in [1.54, 1.807) is 11.6 Å². The Bertz CT molecular complexity index is 1010. The number of hydrogen-bond acceptors (Lipinski definition) is 7. The van der Waals surface area contributed by atoms with E-state index in [0.717, 1.165) is 32.8 Å². The van der Waals surface area contributed by atoms with Gasteiger partial charge in [0.15, 0.2) is 5.82 Å². The van der Waals surface area contributed by atoms with Crippen molar-refractivity contribution in [3.8, 4) is 22.9 Å². The van der Waals surface area contributed by atoms with Crippen molar-refractivity contribution in [2.24, 2.45) is 0 Å². The molecular weight excluding hydrogens is 350 g/mol. The highest BCUT2D eigenvalue weighted by Crippen LogP contribution is 2.27. The number of nitrogens with zero attached hydrogens (tertiary/aromatic N) is 4. The Morgan fingerprint density at radius 1 is 1.00 bits per heavy atom. The van der Waals surface area contributed by atoms with E-state index in [1.165, 1.54) is 11.3 Å². The highest BCUT2D eigenvalue weighted by atomic mass is 32.1. The van der Waals surface area contributed by atoms with Crippen LogP contribution < -0.4 is 14.8 Å². The molecule has 0 fully saturated rings. The number of fused-ring (bicyclic) bond motifs is 1. The minimum Gasteiger partial charge on any atom is -0.497 e. The fraction of sp³-hybridized carbons (Fsp3) is 0.167. The Labute approximate surface area is 154 Å². The van der Waals surface area contributed by atoms with Gasteiger partial charge in [0, 0.05) is 11.3 Å². The summed E-state index contributed by atoms with van der Waals surface area (Å²) < 4.78 is 12.4. The number of hydrogen-bond donors (Lipinski definition) is 1. The zero-order valence-corrected chi connectivity index (χ0v) is 15.2. The number of benzene rings is 2. The van der Waals surface area contributed by atoms with Gasteiger partial charge in [-0.2, -0.15) is 4.52 Å². The Morgan fingerprint density at radius 3 is 2.42 bits per heavy atom. The van der Waals surface area contributed by atoms with Crippen LogP contribution in [0.2, 0.25) is 0 Å². The molecule has 0 aliphatic heterocycles. The molecule has 2 aromatic heterocycles. The van der Waals surface area contributed by atoms with E-state index in [1.807, 2.05) is 55.5 Å². The van der Waals surface area contributed by atoms with Crippen LogP contribution in [-0.2, 0) is 0 Å². The predicted molar refractivity (Wildman–Crippen MR) is 102 cm³/mol. The van der Waals surface area contributed by atoms with Crippen LogP contribution in [0.1, 0.15) is 6.92 Å². The molecule has 0 spiro atoms. The third-order valence-electron chi connectivity index (χ3n) is 3.76. The Balaban J connectivity index is 1.59. The molecule has 2 aromatic carbocycles. The van der Waals surface area contributed by atoms with E-state index < -0.39 is 0 Å². The molecule has 0 radical (unpaired) electrons. The third kappa shape index (κ3) is 3.18. The minimum absolute atomic E-state index is 0.640. The van der Waals surface area contributed by atoms with Gasteiger partial charge in [-0.25, -0.2) is 0 Å². The normalized spacial score (nSPS) is 10.8. The summed E-state index contributed by atoms with van der Waals surface area (Å²) in [6, 6.07) is 15.4. The van der Waals surface area contributed by atoms with Crippen LogP contribution >= 0.6 is 11.3 Å². The van der Waals surface area contributed by atoms with Crippen molar-refractivity contribution in [2.45, 2.75) is 6.92 Å². The number of aromatic nitrogens is 4. The Morgan fingerprint density at radius 2 is 1.73 bits per heavy atom. The zero-order chi connectivity index (χ0) is 17.9. The third-order valence-corrected chi connectivity index (χ3v) is 4.57. The lowest BCUT2D eigenvalue weighted by atomic mass is 10.2. The molecule has 4 rings (SSSR count). The second-order valence-corrected chi connectivity index (χ2v) is 6.39. The van der Waals surface area contributed by atoms with Gasteiger partial charge >= 0.3 is 0 Å². The van der Waals surface area contributed by atoms with E-state index in [2.05, 4.69) is 20.6 Å². The van der Waals surface area contributed by atoms with Gasteiger partial charge in [0.05, 0.1) is 13.7 Å². The lowest BCUT2D eigenvalue weighted by Gasteiger charge is -2.04. The van der Waals surface area contributed by atoms with Crippen molar-refractivity contribution in [3.05, 3.63) is 48.5 Å². The molecule has 0 unspecified atom stereocenters. The Kier molecular flexibility index (Phi) is 4.40. The van der Waals surface area contributed by atoms with E-state index in [4.69, 9.17) is 9.47 Å². The molecule has 4 aromatic rings. The maximum atomic E-state index is 5.48. The lowest BCUT2D eigenvalue weighted by molar-refractivity contribution is 0.340. The van der Waals surface area contributed by atoms with Crippen LogP contribution in [-0.4, -0.2) is 33.5 Å². The zero-order valence-electron chi connectivity index (χ0n) is 14.3. The summed E-state index contributed by atoms with van der Waals surface area (Å²) in [5, 5.41) is 17.1. The standard InChI is InChI=1S/C18H17N5O2S/c1-3-25-15-8-4-12(5-9-15)16-20-21-18-23(16)22-17(26-18)19-13-6-10-14(24-2)11-7-13/h4-11H,3H2,1-2H3,(H,19,22). The molecular formula is C18H17N5O2S. The fourth-order valence-corrected chi connectivity index (χ4v) is 3.27. The van der Waals surface area contributed by atoms with Crippen molar-refractivity contribution >= 4 is 27.1 Å². The highest BCUT2D eigenvalue weighted by molar-refractivity contribution is 7.20. The number of rotatable bonds is 6. The molecule has 1 N–H and O–H groups in total. The van der Waals surface area contributed by atoms with Crippen molar-refractivity contribution in [3.63, 3.8) is 0 Å². The molecule has 0 atom stereocenters. The topological polar surface area (TPSA) is 73.6 Å². The predicted octanol–water partition coefficient (Wildman–Crippen LogP) is 4.00. The monoisotopic (exact) mass is 367 g/mol. The van der Waals surface area contributed by atoms with Crippen LogP contribution in [0.25, 0.3) is 16.3 Å². The summed E-state index contributed by atoms with van der Waals surface area (Å²) >= 11 is 1.44. The average molecular weight is 367 g/mol. The van der Waals surface area contributed by atoms with Crippen molar-refractivity contribution in [2.75, 3.05) is 19.0 Å². The molecule has 8 heteroatoms. The van der Waals surface area contributed by atoms with Crippen molar-refractivity contribution in [1.82, 2.24) is 19.8 Å². The molecule has 0 aliphatic rings. The van der Waals surface area contributed by atoms with Gasteiger partial charge < -0.3 is 14.8 Å². The quantitative estimate of drug-likeness (QED) is 0.555. The second-order valence-electron chi connectivity index (χ2n) is 5.44.